The smallest absolute Gasteiger partial charge is 0.337 e. The summed E-state index contributed by atoms with van der Waals surface area (Å²) in [7, 11) is 1.40. The fourth-order valence-corrected chi connectivity index (χ4v) is 3.18. The minimum atomic E-state index is -1.07. The van der Waals surface area contributed by atoms with Gasteiger partial charge in [-0.3, -0.25) is 14.9 Å². The van der Waals surface area contributed by atoms with Gasteiger partial charge >= 0.3 is 5.97 Å². The third-order valence-corrected chi connectivity index (χ3v) is 4.28. The van der Waals surface area contributed by atoms with Crippen LogP contribution in [0.3, 0.4) is 0 Å². The van der Waals surface area contributed by atoms with E-state index in [2.05, 4.69) is 10.6 Å². The lowest BCUT2D eigenvalue weighted by molar-refractivity contribution is -0.385. The van der Waals surface area contributed by atoms with Crippen LogP contribution in [0.1, 0.15) is 32.3 Å². The van der Waals surface area contributed by atoms with E-state index < -0.39 is 35.4 Å². The zero-order valence-electron chi connectivity index (χ0n) is 16.1. The van der Waals surface area contributed by atoms with Crippen LogP contribution in [0.5, 0.6) is 0 Å². The van der Waals surface area contributed by atoms with Crippen LogP contribution in [-0.4, -0.2) is 41.7 Å². The SMILES string of the molecule is CNC(=O)C1=C(CO)NC(C)=C(C(=O)OC(C)C)C1c1ccccc1[N+](=O)[O-]. The zero-order chi connectivity index (χ0) is 21.0. The number of nitro benzene ring substituents is 1. The van der Waals surface area contributed by atoms with Gasteiger partial charge in [-0.15, -0.1) is 0 Å². The molecule has 1 aliphatic rings. The number of hydrogen-bond acceptors (Lipinski definition) is 7. The van der Waals surface area contributed by atoms with Crippen molar-refractivity contribution in [2.24, 2.45) is 0 Å². The molecule has 1 aliphatic heterocycles. The first-order valence-electron chi connectivity index (χ1n) is 8.70. The molecule has 0 bridgehead atoms. The van der Waals surface area contributed by atoms with Crippen molar-refractivity contribution in [2.45, 2.75) is 32.8 Å². The van der Waals surface area contributed by atoms with E-state index in [0.29, 0.717) is 5.70 Å². The Morgan fingerprint density at radius 3 is 2.50 bits per heavy atom. The number of ether oxygens (including phenoxy) is 1. The van der Waals surface area contributed by atoms with Crippen molar-refractivity contribution in [3.05, 3.63) is 62.5 Å². The van der Waals surface area contributed by atoms with E-state index in [4.69, 9.17) is 4.74 Å². The van der Waals surface area contributed by atoms with Crippen molar-refractivity contribution >= 4 is 17.6 Å². The summed E-state index contributed by atoms with van der Waals surface area (Å²) in [6, 6.07) is 5.88. The lowest BCUT2D eigenvalue weighted by atomic mass is 9.79. The Balaban J connectivity index is 2.80. The van der Waals surface area contributed by atoms with Crippen LogP contribution in [0.4, 0.5) is 5.69 Å². The molecule has 0 radical (unpaired) electrons. The van der Waals surface area contributed by atoms with E-state index >= 15 is 0 Å². The molecule has 9 heteroatoms. The molecule has 3 N–H and O–H groups in total. The van der Waals surface area contributed by atoms with Gasteiger partial charge in [-0.1, -0.05) is 18.2 Å². The average molecular weight is 389 g/mol. The van der Waals surface area contributed by atoms with Gasteiger partial charge in [-0.05, 0) is 20.8 Å². The molecule has 28 heavy (non-hydrogen) atoms. The molecule has 0 spiro atoms. The van der Waals surface area contributed by atoms with Gasteiger partial charge in [0.2, 0.25) is 5.91 Å². The van der Waals surface area contributed by atoms with E-state index in [-0.39, 0.29) is 28.1 Å². The summed E-state index contributed by atoms with van der Waals surface area (Å²) in [5.74, 6) is -2.33. The third kappa shape index (κ3) is 4.04. The number of carbonyl (C=O) groups is 2. The molecule has 0 saturated heterocycles. The first-order valence-corrected chi connectivity index (χ1v) is 8.70. The molecular formula is C19H23N3O6. The predicted molar refractivity (Wildman–Crippen MR) is 101 cm³/mol. The molecule has 2 rings (SSSR count). The number of allylic oxidation sites excluding steroid dienone is 1. The van der Waals surface area contributed by atoms with Crippen molar-refractivity contribution < 1.29 is 24.4 Å². The first kappa shape index (κ1) is 21.1. The normalized spacial score (nSPS) is 16.7. The molecule has 150 valence electrons. The van der Waals surface area contributed by atoms with E-state index in [0.717, 1.165) is 0 Å². The molecule has 0 aliphatic carbocycles. The van der Waals surface area contributed by atoms with E-state index in [1.165, 1.54) is 25.2 Å². The molecular weight excluding hydrogens is 366 g/mol. The van der Waals surface area contributed by atoms with Crippen molar-refractivity contribution in [1.82, 2.24) is 10.6 Å². The quantitative estimate of drug-likeness (QED) is 0.382. The molecule has 0 saturated carbocycles. The lowest BCUT2D eigenvalue weighted by Crippen LogP contribution is -2.37. The Kier molecular flexibility index (Phi) is 6.53. The Hall–Kier alpha value is -3.20. The van der Waals surface area contributed by atoms with Crippen molar-refractivity contribution in [2.75, 3.05) is 13.7 Å². The van der Waals surface area contributed by atoms with Gasteiger partial charge in [0.25, 0.3) is 5.69 Å². The highest BCUT2D eigenvalue weighted by Gasteiger charge is 2.40. The van der Waals surface area contributed by atoms with Gasteiger partial charge in [-0.25, -0.2) is 4.79 Å². The molecule has 0 fully saturated rings. The second-order valence-corrected chi connectivity index (χ2v) is 6.50. The van der Waals surface area contributed by atoms with Crippen molar-refractivity contribution in [3.63, 3.8) is 0 Å². The zero-order valence-corrected chi connectivity index (χ0v) is 16.1. The summed E-state index contributed by atoms with van der Waals surface area (Å²) in [4.78, 5) is 36.5. The maximum absolute atomic E-state index is 12.8. The average Bonchev–Trinajstić information content (AvgIpc) is 2.65. The van der Waals surface area contributed by atoms with Crippen LogP contribution in [-0.2, 0) is 14.3 Å². The topological polar surface area (TPSA) is 131 Å². The summed E-state index contributed by atoms with van der Waals surface area (Å²) in [6.45, 7) is 4.44. The number of esters is 1. The van der Waals surface area contributed by atoms with Crippen LogP contribution >= 0.6 is 0 Å². The summed E-state index contributed by atoms with van der Waals surface area (Å²) in [5, 5.41) is 26.7. The Bertz CT molecular complexity index is 872. The number of benzene rings is 1. The number of amides is 1. The Morgan fingerprint density at radius 2 is 1.96 bits per heavy atom. The second kappa shape index (κ2) is 8.66. The third-order valence-electron chi connectivity index (χ3n) is 4.28. The lowest BCUT2D eigenvalue weighted by Gasteiger charge is -2.31. The van der Waals surface area contributed by atoms with Crippen LogP contribution in [0.15, 0.2) is 46.8 Å². The number of rotatable bonds is 6. The highest BCUT2D eigenvalue weighted by molar-refractivity contribution is 6.02. The molecule has 0 aromatic heterocycles. The summed E-state index contributed by atoms with van der Waals surface area (Å²) in [6.07, 6.45) is -0.425. The van der Waals surface area contributed by atoms with Crippen molar-refractivity contribution in [1.29, 1.82) is 0 Å². The largest absolute Gasteiger partial charge is 0.460 e. The maximum atomic E-state index is 12.8. The monoisotopic (exact) mass is 389 g/mol. The summed E-state index contributed by atoms with van der Waals surface area (Å²) < 4.78 is 5.32. The number of carbonyl (C=O) groups excluding carboxylic acids is 2. The van der Waals surface area contributed by atoms with Crippen LogP contribution < -0.4 is 10.6 Å². The number of nitro groups is 1. The molecule has 9 nitrogen and oxygen atoms in total. The van der Waals surface area contributed by atoms with Crippen molar-refractivity contribution in [3.8, 4) is 0 Å². The number of hydrogen-bond donors (Lipinski definition) is 3. The highest BCUT2D eigenvalue weighted by Crippen LogP contribution is 2.42. The molecule has 1 aromatic rings. The number of likely N-dealkylation sites (N-methyl/N-ethyl adjacent to an activating group) is 1. The fourth-order valence-electron chi connectivity index (χ4n) is 3.18. The van der Waals surface area contributed by atoms with E-state index in [9.17, 15) is 24.8 Å². The first-order chi connectivity index (χ1) is 13.2. The summed E-state index contributed by atoms with van der Waals surface area (Å²) >= 11 is 0. The molecule has 1 aromatic carbocycles. The highest BCUT2D eigenvalue weighted by atomic mass is 16.6. The number of dihydropyridines is 1. The van der Waals surface area contributed by atoms with Crippen LogP contribution in [0.25, 0.3) is 0 Å². The Labute approximate surface area is 162 Å². The molecule has 1 unspecified atom stereocenters. The minimum Gasteiger partial charge on any atom is -0.460 e. The minimum absolute atomic E-state index is 0.0283. The Morgan fingerprint density at radius 1 is 1.32 bits per heavy atom. The van der Waals surface area contributed by atoms with E-state index in [1.54, 1.807) is 26.8 Å². The standard InChI is InChI=1S/C19H23N3O6/c1-10(2)28-19(25)15-11(3)21-13(9-23)17(18(24)20-4)16(15)12-7-5-6-8-14(12)22(26)27/h5-8,10,16,21,23H,9H2,1-4H3,(H,20,24). The molecule has 1 heterocycles. The van der Waals surface area contributed by atoms with E-state index in [1.807, 2.05) is 0 Å². The van der Waals surface area contributed by atoms with Gasteiger partial charge in [0.05, 0.1) is 40.4 Å². The second-order valence-electron chi connectivity index (χ2n) is 6.50. The van der Waals surface area contributed by atoms with Gasteiger partial charge in [0.1, 0.15) is 0 Å². The van der Waals surface area contributed by atoms with Gasteiger partial charge in [0, 0.05) is 24.4 Å². The van der Waals surface area contributed by atoms with Gasteiger partial charge in [-0.2, -0.15) is 0 Å². The number of nitrogens with zero attached hydrogens (tertiary/aromatic N) is 1. The number of aliphatic hydroxyl groups is 1. The summed E-state index contributed by atoms with van der Waals surface area (Å²) in [5.41, 5.74) is 0.551. The predicted octanol–water partition coefficient (Wildman–Crippen LogP) is 1.50. The number of aliphatic hydroxyl groups excluding tert-OH is 1. The molecule has 1 atom stereocenters. The number of nitrogens with one attached hydrogen (secondary N) is 2. The maximum Gasteiger partial charge on any atom is 0.337 e. The van der Waals surface area contributed by atoms with Crippen LogP contribution in [0, 0.1) is 10.1 Å². The van der Waals surface area contributed by atoms with Gasteiger partial charge < -0.3 is 20.5 Å². The van der Waals surface area contributed by atoms with Crippen LogP contribution in [0.2, 0.25) is 0 Å². The number of para-hydroxylation sites is 1. The molecule has 1 amide bonds. The van der Waals surface area contributed by atoms with Gasteiger partial charge in [0.15, 0.2) is 0 Å². The fraction of sp³-hybridized carbons (Fsp3) is 0.368.